The smallest absolute Gasteiger partial charge is 0.321 e. The number of hydrogen-bond acceptors (Lipinski definition) is 4. The van der Waals surface area contributed by atoms with E-state index >= 15 is 0 Å². The maximum Gasteiger partial charge on any atom is 0.321 e. The summed E-state index contributed by atoms with van der Waals surface area (Å²) >= 11 is 0. The van der Waals surface area contributed by atoms with Crippen LogP contribution in [0.3, 0.4) is 0 Å². The van der Waals surface area contributed by atoms with Crippen LogP contribution < -0.4 is 0 Å². The lowest BCUT2D eigenvalue weighted by Gasteiger charge is -2.25. The molecule has 1 amide bonds. The highest BCUT2D eigenvalue weighted by Gasteiger charge is 2.37. The van der Waals surface area contributed by atoms with Gasteiger partial charge in [-0.1, -0.05) is 12.2 Å². The number of aliphatic carboxylic acids is 1. The number of aliphatic hydroxyl groups is 1. The van der Waals surface area contributed by atoms with Gasteiger partial charge < -0.3 is 15.1 Å². The SMILES string of the molecule is C=CCN(CC=C)C(=O)CN1CC(O)CC1C(=O)O. The van der Waals surface area contributed by atoms with Crippen LogP contribution in [-0.4, -0.2) is 70.2 Å². The summed E-state index contributed by atoms with van der Waals surface area (Å²) < 4.78 is 0. The van der Waals surface area contributed by atoms with Crippen molar-refractivity contribution >= 4 is 11.9 Å². The molecule has 1 aliphatic heterocycles. The van der Waals surface area contributed by atoms with Gasteiger partial charge in [-0.25, -0.2) is 0 Å². The van der Waals surface area contributed by atoms with Crippen LogP contribution >= 0.6 is 0 Å². The predicted octanol–water partition coefficient (Wildman–Crippen LogP) is -0.293. The maximum atomic E-state index is 12.1. The number of likely N-dealkylation sites (tertiary alicyclic amines) is 1. The molecule has 1 saturated heterocycles. The minimum Gasteiger partial charge on any atom is -0.480 e. The van der Waals surface area contributed by atoms with Gasteiger partial charge >= 0.3 is 5.97 Å². The van der Waals surface area contributed by atoms with Crippen molar-refractivity contribution < 1.29 is 19.8 Å². The molecular weight excluding hydrogens is 248 g/mol. The highest BCUT2D eigenvalue weighted by molar-refractivity contribution is 5.80. The highest BCUT2D eigenvalue weighted by atomic mass is 16.4. The number of carbonyl (C=O) groups excluding carboxylic acids is 1. The Morgan fingerprint density at radius 2 is 1.89 bits per heavy atom. The van der Waals surface area contributed by atoms with Gasteiger partial charge in [0, 0.05) is 26.1 Å². The van der Waals surface area contributed by atoms with Gasteiger partial charge in [0.1, 0.15) is 6.04 Å². The number of rotatable bonds is 7. The molecule has 0 aromatic rings. The number of carboxylic acid groups (broad SMARTS) is 1. The van der Waals surface area contributed by atoms with Crippen LogP contribution in [0.4, 0.5) is 0 Å². The molecule has 6 heteroatoms. The van der Waals surface area contributed by atoms with Gasteiger partial charge in [-0.15, -0.1) is 13.2 Å². The van der Waals surface area contributed by atoms with Crippen molar-refractivity contribution in [2.75, 3.05) is 26.2 Å². The van der Waals surface area contributed by atoms with Crippen molar-refractivity contribution in [3.63, 3.8) is 0 Å². The fraction of sp³-hybridized carbons (Fsp3) is 0.538. The summed E-state index contributed by atoms with van der Waals surface area (Å²) in [7, 11) is 0. The molecule has 0 aromatic heterocycles. The Kier molecular flexibility index (Phi) is 5.72. The van der Waals surface area contributed by atoms with E-state index in [1.165, 1.54) is 9.80 Å². The zero-order chi connectivity index (χ0) is 14.4. The standard InChI is InChI=1S/C13H20N2O4/c1-3-5-14(6-4-2)12(17)9-15-8-10(16)7-11(15)13(18)19/h3-4,10-11,16H,1-2,5-9H2,(H,18,19). The summed E-state index contributed by atoms with van der Waals surface area (Å²) in [6.07, 6.45) is 2.68. The lowest BCUT2D eigenvalue weighted by atomic mass is 10.2. The second kappa shape index (κ2) is 7.06. The Balaban J connectivity index is 2.65. The Hall–Kier alpha value is -1.66. The molecule has 0 saturated carbocycles. The molecule has 0 spiro atoms. The highest BCUT2D eigenvalue weighted by Crippen LogP contribution is 2.18. The van der Waals surface area contributed by atoms with E-state index < -0.39 is 18.1 Å². The van der Waals surface area contributed by atoms with E-state index in [1.54, 1.807) is 12.2 Å². The average Bonchev–Trinajstić information content (AvgIpc) is 2.70. The molecule has 2 N–H and O–H groups in total. The molecule has 0 aromatic carbocycles. The van der Waals surface area contributed by atoms with Crippen molar-refractivity contribution in [3.8, 4) is 0 Å². The second-order valence-electron chi connectivity index (χ2n) is 4.55. The molecular formula is C13H20N2O4. The second-order valence-corrected chi connectivity index (χ2v) is 4.55. The van der Waals surface area contributed by atoms with Gasteiger partial charge in [0.05, 0.1) is 12.6 Å². The minimum absolute atomic E-state index is 0.0181. The molecule has 1 heterocycles. The van der Waals surface area contributed by atoms with E-state index in [0.717, 1.165) is 0 Å². The molecule has 1 aliphatic rings. The summed E-state index contributed by atoms with van der Waals surface area (Å²) in [5.74, 6) is -1.21. The largest absolute Gasteiger partial charge is 0.480 e. The van der Waals surface area contributed by atoms with Crippen molar-refractivity contribution in [2.45, 2.75) is 18.6 Å². The van der Waals surface area contributed by atoms with Crippen LogP contribution in [0.1, 0.15) is 6.42 Å². The first-order valence-electron chi connectivity index (χ1n) is 6.14. The molecule has 2 unspecified atom stereocenters. The van der Waals surface area contributed by atoms with Crippen molar-refractivity contribution in [3.05, 3.63) is 25.3 Å². The molecule has 6 nitrogen and oxygen atoms in total. The van der Waals surface area contributed by atoms with Crippen LogP contribution in [0.2, 0.25) is 0 Å². The topological polar surface area (TPSA) is 81.1 Å². The van der Waals surface area contributed by atoms with E-state index in [-0.39, 0.29) is 25.4 Å². The molecule has 0 bridgehead atoms. The number of nitrogens with zero attached hydrogens (tertiary/aromatic N) is 2. The Labute approximate surface area is 112 Å². The van der Waals surface area contributed by atoms with Crippen LogP contribution in [0.15, 0.2) is 25.3 Å². The third-order valence-corrected chi connectivity index (χ3v) is 3.06. The van der Waals surface area contributed by atoms with Crippen LogP contribution in [0, 0.1) is 0 Å². The summed E-state index contributed by atoms with van der Waals surface area (Å²) in [5, 5.41) is 18.6. The normalized spacial score (nSPS) is 23.0. The van der Waals surface area contributed by atoms with Gasteiger partial charge in [0.25, 0.3) is 0 Å². The summed E-state index contributed by atoms with van der Waals surface area (Å²) in [6.45, 7) is 8.12. The fourth-order valence-electron chi connectivity index (χ4n) is 2.17. The van der Waals surface area contributed by atoms with Crippen molar-refractivity contribution in [1.29, 1.82) is 0 Å². The van der Waals surface area contributed by atoms with Gasteiger partial charge in [-0.2, -0.15) is 0 Å². The molecule has 1 fully saturated rings. The molecule has 19 heavy (non-hydrogen) atoms. The number of amides is 1. The molecule has 106 valence electrons. The number of carboxylic acids is 1. The Bertz CT molecular complexity index is 360. The fourth-order valence-corrected chi connectivity index (χ4v) is 2.17. The minimum atomic E-state index is -1.01. The number of β-amino-alcohol motifs (C(OH)–C–C–N with tert-alkyl or cyclic N) is 1. The third kappa shape index (κ3) is 4.18. The van der Waals surface area contributed by atoms with E-state index in [0.29, 0.717) is 13.1 Å². The van der Waals surface area contributed by atoms with Crippen LogP contribution in [-0.2, 0) is 9.59 Å². The van der Waals surface area contributed by atoms with Gasteiger partial charge in [-0.05, 0) is 0 Å². The van der Waals surface area contributed by atoms with Gasteiger partial charge in [0.2, 0.25) is 5.91 Å². The molecule has 2 atom stereocenters. The van der Waals surface area contributed by atoms with Crippen LogP contribution in [0.5, 0.6) is 0 Å². The first-order valence-corrected chi connectivity index (χ1v) is 6.14. The Morgan fingerprint density at radius 3 is 2.37 bits per heavy atom. The Morgan fingerprint density at radius 1 is 1.32 bits per heavy atom. The van der Waals surface area contributed by atoms with E-state index in [4.69, 9.17) is 5.11 Å². The van der Waals surface area contributed by atoms with Crippen molar-refractivity contribution in [2.24, 2.45) is 0 Å². The van der Waals surface area contributed by atoms with Crippen molar-refractivity contribution in [1.82, 2.24) is 9.80 Å². The molecule has 0 radical (unpaired) electrons. The van der Waals surface area contributed by atoms with Gasteiger partial charge in [0.15, 0.2) is 0 Å². The first-order chi connectivity index (χ1) is 8.99. The summed E-state index contributed by atoms with van der Waals surface area (Å²) in [6, 6.07) is -0.798. The maximum absolute atomic E-state index is 12.1. The summed E-state index contributed by atoms with van der Waals surface area (Å²) in [4.78, 5) is 26.1. The monoisotopic (exact) mass is 268 g/mol. The summed E-state index contributed by atoms with van der Waals surface area (Å²) in [5.41, 5.74) is 0. The van der Waals surface area contributed by atoms with E-state index in [2.05, 4.69) is 13.2 Å². The third-order valence-electron chi connectivity index (χ3n) is 3.06. The number of carbonyl (C=O) groups is 2. The zero-order valence-corrected chi connectivity index (χ0v) is 10.9. The first kappa shape index (κ1) is 15.4. The lowest BCUT2D eigenvalue weighted by molar-refractivity contribution is -0.143. The molecule has 0 aliphatic carbocycles. The molecule has 1 rings (SSSR count). The quantitative estimate of drug-likeness (QED) is 0.620. The van der Waals surface area contributed by atoms with E-state index in [1.807, 2.05) is 0 Å². The number of hydrogen-bond donors (Lipinski definition) is 2. The zero-order valence-electron chi connectivity index (χ0n) is 10.9. The van der Waals surface area contributed by atoms with Crippen LogP contribution in [0.25, 0.3) is 0 Å². The average molecular weight is 268 g/mol. The lowest BCUT2D eigenvalue weighted by Crippen LogP contribution is -2.44. The van der Waals surface area contributed by atoms with E-state index in [9.17, 15) is 14.7 Å². The predicted molar refractivity (Wildman–Crippen MR) is 70.6 cm³/mol. The number of aliphatic hydroxyl groups excluding tert-OH is 1. The van der Waals surface area contributed by atoms with Gasteiger partial charge in [-0.3, -0.25) is 14.5 Å².